The summed E-state index contributed by atoms with van der Waals surface area (Å²) in [4.78, 5) is 2.53. The molecule has 3 nitrogen and oxygen atoms in total. The SMILES string of the molecule is CC(C)CN1CCC(CO)(NC2CC2)CC1. The monoisotopic (exact) mass is 226 g/mol. The third-order valence-corrected chi connectivity index (χ3v) is 3.83. The molecule has 2 fully saturated rings. The lowest BCUT2D eigenvalue weighted by Gasteiger charge is -2.42. The summed E-state index contributed by atoms with van der Waals surface area (Å²) in [7, 11) is 0. The largest absolute Gasteiger partial charge is 0.394 e. The van der Waals surface area contributed by atoms with Gasteiger partial charge in [0.15, 0.2) is 0 Å². The zero-order valence-corrected chi connectivity index (χ0v) is 10.7. The first-order chi connectivity index (χ1) is 7.63. The number of nitrogens with zero attached hydrogens (tertiary/aromatic N) is 1. The van der Waals surface area contributed by atoms with Crippen molar-refractivity contribution < 1.29 is 5.11 Å². The van der Waals surface area contributed by atoms with Crippen LogP contribution < -0.4 is 5.32 Å². The summed E-state index contributed by atoms with van der Waals surface area (Å²) in [5.74, 6) is 0.748. The van der Waals surface area contributed by atoms with E-state index in [0.29, 0.717) is 12.6 Å². The zero-order valence-electron chi connectivity index (χ0n) is 10.7. The van der Waals surface area contributed by atoms with Gasteiger partial charge in [-0.3, -0.25) is 0 Å². The molecule has 1 aliphatic heterocycles. The third kappa shape index (κ3) is 3.19. The Morgan fingerprint density at radius 3 is 2.38 bits per heavy atom. The second-order valence-electron chi connectivity index (χ2n) is 6.05. The molecule has 1 saturated heterocycles. The molecule has 0 unspecified atom stereocenters. The first kappa shape index (κ1) is 12.3. The van der Waals surface area contributed by atoms with Gasteiger partial charge in [-0.25, -0.2) is 0 Å². The molecule has 0 aromatic rings. The number of hydrogen-bond acceptors (Lipinski definition) is 3. The Kier molecular flexibility index (Phi) is 3.88. The summed E-state index contributed by atoms with van der Waals surface area (Å²) >= 11 is 0. The fraction of sp³-hybridized carbons (Fsp3) is 1.00. The van der Waals surface area contributed by atoms with E-state index in [1.54, 1.807) is 0 Å². The standard InChI is InChI=1S/C13H26N2O/c1-11(2)9-15-7-5-13(10-16,6-8-15)14-12-3-4-12/h11-12,14,16H,3-10H2,1-2H3. The van der Waals surface area contributed by atoms with Crippen molar-refractivity contribution in [2.75, 3.05) is 26.2 Å². The van der Waals surface area contributed by atoms with E-state index in [4.69, 9.17) is 0 Å². The summed E-state index contributed by atoms with van der Waals surface area (Å²) < 4.78 is 0. The van der Waals surface area contributed by atoms with Crippen LogP contribution in [0.5, 0.6) is 0 Å². The maximum absolute atomic E-state index is 9.61. The summed E-state index contributed by atoms with van der Waals surface area (Å²) in [6.45, 7) is 8.33. The van der Waals surface area contributed by atoms with Crippen LogP contribution in [-0.4, -0.2) is 47.8 Å². The molecule has 2 rings (SSSR count). The lowest BCUT2D eigenvalue weighted by molar-refractivity contribution is 0.0723. The second kappa shape index (κ2) is 5.03. The molecule has 2 N–H and O–H groups in total. The molecule has 0 aromatic carbocycles. The van der Waals surface area contributed by atoms with Crippen LogP contribution in [0.15, 0.2) is 0 Å². The Morgan fingerprint density at radius 2 is 1.94 bits per heavy atom. The fourth-order valence-corrected chi connectivity index (χ4v) is 2.69. The summed E-state index contributed by atoms with van der Waals surface area (Å²) in [6.07, 6.45) is 4.81. The molecular weight excluding hydrogens is 200 g/mol. The molecular formula is C13H26N2O. The molecule has 0 atom stereocenters. The van der Waals surface area contributed by atoms with Gasteiger partial charge in [0.25, 0.3) is 0 Å². The van der Waals surface area contributed by atoms with Gasteiger partial charge >= 0.3 is 0 Å². The smallest absolute Gasteiger partial charge is 0.0614 e. The van der Waals surface area contributed by atoms with Crippen LogP contribution in [0.2, 0.25) is 0 Å². The quantitative estimate of drug-likeness (QED) is 0.740. The van der Waals surface area contributed by atoms with Gasteiger partial charge in [-0.05, 0) is 44.7 Å². The first-order valence-electron chi connectivity index (χ1n) is 6.74. The Balaban J connectivity index is 1.80. The van der Waals surface area contributed by atoms with Gasteiger partial charge in [0.2, 0.25) is 0 Å². The lowest BCUT2D eigenvalue weighted by Crippen LogP contribution is -2.56. The molecule has 3 heteroatoms. The van der Waals surface area contributed by atoms with Gasteiger partial charge in [-0.15, -0.1) is 0 Å². The van der Waals surface area contributed by atoms with Gasteiger partial charge in [0.05, 0.1) is 6.61 Å². The summed E-state index contributed by atoms with van der Waals surface area (Å²) in [6, 6.07) is 0.698. The van der Waals surface area contributed by atoms with E-state index < -0.39 is 0 Å². The van der Waals surface area contributed by atoms with Gasteiger partial charge in [-0.2, -0.15) is 0 Å². The van der Waals surface area contributed by atoms with Gasteiger partial charge < -0.3 is 15.3 Å². The molecule has 1 aliphatic carbocycles. The van der Waals surface area contributed by atoms with E-state index in [1.165, 1.54) is 19.4 Å². The summed E-state index contributed by atoms with van der Waals surface area (Å²) in [5.41, 5.74) is 0.0364. The fourth-order valence-electron chi connectivity index (χ4n) is 2.69. The number of hydrogen-bond donors (Lipinski definition) is 2. The Bertz CT molecular complexity index is 218. The van der Waals surface area contributed by atoms with Gasteiger partial charge in [-0.1, -0.05) is 13.8 Å². The lowest BCUT2D eigenvalue weighted by atomic mass is 9.87. The average Bonchev–Trinajstić information content (AvgIpc) is 3.04. The number of likely N-dealkylation sites (tertiary alicyclic amines) is 1. The minimum atomic E-state index is 0.0364. The van der Waals surface area contributed by atoms with Gasteiger partial charge in [0.1, 0.15) is 0 Å². The van der Waals surface area contributed by atoms with E-state index in [-0.39, 0.29) is 5.54 Å². The van der Waals surface area contributed by atoms with Crippen LogP contribution in [0.1, 0.15) is 39.5 Å². The third-order valence-electron chi connectivity index (χ3n) is 3.83. The predicted molar refractivity (Wildman–Crippen MR) is 66.5 cm³/mol. The van der Waals surface area contributed by atoms with Crippen LogP contribution in [0.25, 0.3) is 0 Å². The Labute approximate surface area is 99.2 Å². The second-order valence-corrected chi connectivity index (χ2v) is 6.05. The predicted octanol–water partition coefficient (Wildman–Crippen LogP) is 1.22. The topological polar surface area (TPSA) is 35.5 Å². The minimum Gasteiger partial charge on any atom is -0.394 e. The maximum Gasteiger partial charge on any atom is 0.0614 e. The molecule has 0 aromatic heterocycles. The van der Waals surface area contributed by atoms with Crippen LogP contribution in [0.4, 0.5) is 0 Å². The van der Waals surface area contributed by atoms with Crippen molar-refractivity contribution in [1.29, 1.82) is 0 Å². The van der Waals surface area contributed by atoms with E-state index in [9.17, 15) is 5.11 Å². The van der Waals surface area contributed by atoms with Crippen molar-refractivity contribution in [2.45, 2.75) is 51.1 Å². The molecule has 16 heavy (non-hydrogen) atoms. The van der Waals surface area contributed by atoms with Crippen LogP contribution >= 0.6 is 0 Å². The van der Waals surface area contributed by atoms with Crippen molar-refractivity contribution >= 4 is 0 Å². The van der Waals surface area contributed by atoms with E-state index in [1.807, 2.05) is 0 Å². The minimum absolute atomic E-state index is 0.0364. The highest BCUT2D eigenvalue weighted by atomic mass is 16.3. The highest BCUT2D eigenvalue weighted by molar-refractivity contribution is 4.98. The molecule has 0 radical (unpaired) electrons. The molecule has 2 aliphatic rings. The van der Waals surface area contributed by atoms with Crippen molar-refractivity contribution in [3.8, 4) is 0 Å². The summed E-state index contributed by atoms with van der Waals surface area (Å²) in [5, 5.41) is 13.3. The van der Waals surface area contributed by atoms with E-state index in [0.717, 1.165) is 31.8 Å². The molecule has 1 heterocycles. The van der Waals surface area contributed by atoms with E-state index >= 15 is 0 Å². The average molecular weight is 226 g/mol. The normalized spacial score (nSPS) is 26.2. The van der Waals surface area contributed by atoms with Crippen molar-refractivity contribution in [2.24, 2.45) is 5.92 Å². The van der Waals surface area contributed by atoms with Crippen molar-refractivity contribution in [3.05, 3.63) is 0 Å². The zero-order chi connectivity index (χ0) is 11.6. The molecule has 0 bridgehead atoms. The van der Waals surface area contributed by atoms with Crippen LogP contribution in [0.3, 0.4) is 0 Å². The molecule has 0 amide bonds. The molecule has 0 spiro atoms. The highest BCUT2D eigenvalue weighted by Gasteiger charge is 2.38. The number of piperidine rings is 1. The number of rotatable bonds is 5. The highest BCUT2D eigenvalue weighted by Crippen LogP contribution is 2.28. The Hall–Kier alpha value is -0.120. The van der Waals surface area contributed by atoms with Crippen LogP contribution in [-0.2, 0) is 0 Å². The first-order valence-corrected chi connectivity index (χ1v) is 6.74. The van der Waals surface area contributed by atoms with Gasteiger partial charge in [0, 0.05) is 18.1 Å². The van der Waals surface area contributed by atoms with Crippen molar-refractivity contribution in [1.82, 2.24) is 10.2 Å². The van der Waals surface area contributed by atoms with Crippen molar-refractivity contribution in [3.63, 3.8) is 0 Å². The van der Waals surface area contributed by atoms with E-state index in [2.05, 4.69) is 24.1 Å². The number of aliphatic hydroxyl groups is 1. The number of aliphatic hydroxyl groups excluding tert-OH is 1. The molecule has 94 valence electrons. The van der Waals surface area contributed by atoms with Crippen LogP contribution in [0, 0.1) is 5.92 Å². The molecule has 1 saturated carbocycles. The number of nitrogens with one attached hydrogen (secondary N) is 1. The maximum atomic E-state index is 9.61. The Morgan fingerprint density at radius 1 is 1.31 bits per heavy atom.